The summed E-state index contributed by atoms with van der Waals surface area (Å²) in [5, 5.41) is 17.8. The van der Waals surface area contributed by atoms with Crippen LogP contribution in [-0.2, 0) is 13.0 Å². The average molecular weight is 472 g/mol. The molecule has 3 rings (SSSR count). The molecule has 0 unspecified atom stereocenters. The molecule has 0 aliphatic heterocycles. The minimum absolute atomic E-state index is 0.145. The van der Waals surface area contributed by atoms with Gasteiger partial charge in [0, 0.05) is 40.3 Å². The number of amides is 2. The molecular formula is C21H18BrN3O3S. The molecule has 0 aliphatic carbocycles. The number of rotatable bonds is 7. The monoisotopic (exact) mass is 471 g/mol. The van der Waals surface area contributed by atoms with Gasteiger partial charge in [0.15, 0.2) is 0 Å². The predicted molar refractivity (Wildman–Crippen MR) is 116 cm³/mol. The highest BCUT2D eigenvalue weighted by Crippen LogP contribution is 2.20. The number of aromatic hydroxyl groups is 1. The average Bonchev–Trinajstić information content (AvgIpc) is 3.18. The van der Waals surface area contributed by atoms with Crippen molar-refractivity contribution in [2.75, 3.05) is 0 Å². The van der Waals surface area contributed by atoms with Gasteiger partial charge in [-0.15, -0.1) is 11.3 Å². The van der Waals surface area contributed by atoms with Crippen LogP contribution in [0.25, 0.3) is 0 Å². The SMILES string of the molecule is C=C(Cc1nccs1)NC(=O)c1ccc(C(=O)NCc2cccc(O)c2)cc1Br. The summed E-state index contributed by atoms with van der Waals surface area (Å²) in [6, 6.07) is 11.4. The quantitative estimate of drug-likeness (QED) is 0.485. The first kappa shape index (κ1) is 20.8. The first-order valence-corrected chi connectivity index (χ1v) is 10.3. The van der Waals surface area contributed by atoms with E-state index in [9.17, 15) is 14.7 Å². The first-order valence-electron chi connectivity index (χ1n) is 8.65. The van der Waals surface area contributed by atoms with Crippen LogP contribution < -0.4 is 10.6 Å². The number of phenolic OH excluding ortho intramolecular Hbond substituents is 1. The minimum Gasteiger partial charge on any atom is -0.508 e. The van der Waals surface area contributed by atoms with Gasteiger partial charge < -0.3 is 15.7 Å². The van der Waals surface area contributed by atoms with Crippen LogP contribution in [0.2, 0.25) is 0 Å². The molecule has 0 saturated carbocycles. The van der Waals surface area contributed by atoms with Crippen molar-refractivity contribution >= 4 is 39.1 Å². The molecule has 1 heterocycles. The maximum absolute atomic E-state index is 12.5. The van der Waals surface area contributed by atoms with E-state index in [-0.39, 0.29) is 24.1 Å². The largest absolute Gasteiger partial charge is 0.508 e. The van der Waals surface area contributed by atoms with Crippen LogP contribution >= 0.6 is 27.3 Å². The van der Waals surface area contributed by atoms with E-state index >= 15 is 0 Å². The van der Waals surface area contributed by atoms with Crippen molar-refractivity contribution in [2.24, 2.45) is 0 Å². The number of allylic oxidation sites excluding steroid dienone is 1. The van der Waals surface area contributed by atoms with Crippen LogP contribution in [0.1, 0.15) is 31.3 Å². The van der Waals surface area contributed by atoms with Crippen LogP contribution in [0, 0.1) is 0 Å². The number of halogens is 1. The van der Waals surface area contributed by atoms with Crippen molar-refractivity contribution in [3.63, 3.8) is 0 Å². The second kappa shape index (κ2) is 9.49. The Morgan fingerprint density at radius 2 is 2.00 bits per heavy atom. The van der Waals surface area contributed by atoms with Gasteiger partial charge in [-0.25, -0.2) is 4.98 Å². The fraction of sp³-hybridized carbons (Fsp3) is 0.0952. The third-order valence-electron chi connectivity index (χ3n) is 3.98. The Hall–Kier alpha value is -2.97. The summed E-state index contributed by atoms with van der Waals surface area (Å²) in [7, 11) is 0. The van der Waals surface area contributed by atoms with Gasteiger partial charge in [-0.3, -0.25) is 9.59 Å². The number of carbonyl (C=O) groups is 2. The topological polar surface area (TPSA) is 91.3 Å². The van der Waals surface area contributed by atoms with E-state index in [1.54, 1.807) is 42.6 Å². The van der Waals surface area contributed by atoms with Crippen LogP contribution in [0.4, 0.5) is 0 Å². The van der Waals surface area contributed by atoms with Gasteiger partial charge in [0.2, 0.25) is 0 Å². The van der Waals surface area contributed by atoms with E-state index in [1.165, 1.54) is 11.3 Å². The minimum atomic E-state index is -0.315. The number of nitrogens with zero attached hydrogens (tertiary/aromatic N) is 1. The fourth-order valence-corrected chi connectivity index (χ4v) is 3.80. The Labute approximate surface area is 180 Å². The Bertz CT molecular complexity index is 1050. The van der Waals surface area contributed by atoms with Crippen LogP contribution in [0.5, 0.6) is 5.75 Å². The molecule has 2 amide bonds. The zero-order valence-electron chi connectivity index (χ0n) is 15.3. The van der Waals surface area contributed by atoms with Gasteiger partial charge in [0.25, 0.3) is 11.8 Å². The lowest BCUT2D eigenvalue weighted by molar-refractivity contribution is 0.0943. The van der Waals surface area contributed by atoms with E-state index in [0.29, 0.717) is 27.7 Å². The highest BCUT2D eigenvalue weighted by atomic mass is 79.9. The zero-order valence-corrected chi connectivity index (χ0v) is 17.7. The van der Waals surface area contributed by atoms with E-state index < -0.39 is 0 Å². The maximum atomic E-state index is 12.5. The summed E-state index contributed by atoms with van der Waals surface area (Å²) >= 11 is 4.85. The number of thiazole rings is 1. The number of hydrogen-bond acceptors (Lipinski definition) is 5. The molecule has 0 atom stereocenters. The first-order chi connectivity index (χ1) is 13.9. The Balaban J connectivity index is 1.60. The van der Waals surface area contributed by atoms with Gasteiger partial charge in [-0.05, 0) is 51.8 Å². The molecule has 6 nitrogen and oxygen atoms in total. The molecule has 29 heavy (non-hydrogen) atoms. The van der Waals surface area contributed by atoms with Crippen molar-refractivity contribution in [1.82, 2.24) is 15.6 Å². The number of carbonyl (C=O) groups excluding carboxylic acids is 2. The fourth-order valence-electron chi connectivity index (χ4n) is 2.59. The molecule has 0 radical (unpaired) electrons. The molecule has 2 aromatic carbocycles. The van der Waals surface area contributed by atoms with Crippen molar-refractivity contribution < 1.29 is 14.7 Å². The Morgan fingerprint density at radius 1 is 1.17 bits per heavy atom. The molecule has 148 valence electrons. The van der Waals surface area contributed by atoms with Crippen LogP contribution in [0.3, 0.4) is 0 Å². The Morgan fingerprint density at radius 3 is 2.69 bits per heavy atom. The number of phenols is 1. The van der Waals surface area contributed by atoms with Crippen molar-refractivity contribution in [3.8, 4) is 5.75 Å². The molecule has 0 spiro atoms. The molecule has 0 fully saturated rings. The Kier molecular flexibility index (Phi) is 6.79. The summed E-state index contributed by atoms with van der Waals surface area (Å²) in [4.78, 5) is 29.0. The summed E-state index contributed by atoms with van der Waals surface area (Å²) in [6.45, 7) is 4.15. The summed E-state index contributed by atoms with van der Waals surface area (Å²) in [5.74, 6) is -0.453. The lowest BCUT2D eigenvalue weighted by atomic mass is 10.1. The number of hydrogen-bond donors (Lipinski definition) is 3. The van der Waals surface area contributed by atoms with E-state index in [1.807, 2.05) is 11.4 Å². The lowest BCUT2D eigenvalue weighted by Gasteiger charge is -2.10. The van der Waals surface area contributed by atoms with Gasteiger partial charge in [0.1, 0.15) is 5.75 Å². The van der Waals surface area contributed by atoms with Crippen molar-refractivity contribution in [1.29, 1.82) is 0 Å². The summed E-state index contributed by atoms with van der Waals surface area (Å²) < 4.78 is 0.502. The normalized spacial score (nSPS) is 10.4. The van der Waals surface area contributed by atoms with Crippen LogP contribution in [0.15, 0.2) is 70.8 Å². The summed E-state index contributed by atoms with van der Waals surface area (Å²) in [6.07, 6.45) is 2.17. The lowest BCUT2D eigenvalue weighted by Crippen LogP contribution is -2.25. The standard InChI is InChI=1S/C21H18BrN3O3S/c1-13(9-19-23-7-8-29-19)25-21(28)17-6-5-15(11-18(17)22)20(27)24-12-14-3-2-4-16(26)10-14/h2-8,10-11,26H,1,9,12H2,(H,24,27)(H,25,28). The van der Waals surface area contributed by atoms with Gasteiger partial charge in [0.05, 0.1) is 10.6 Å². The van der Waals surface area contributed by atoms with Crippen LogP contribution in [-0.4, -0.2) is 21.9 Å². The van der Waals surface area contributed by atoms with E-state index in [2.05, 4.69) is 38.1 Å². The van der Waals surface area contributed by atoms with Gasteiger partial charge in [-0.2, -0.15) is 0 Å². The van der Waals surface area contributed by atoms with E-state index in [4.69, 9.17) is 0 Å². The number of nitrogens with one attached hydrogen (secondary N) is 2. The second-order valence-electron chi connectivity index (χ2n) is 6.21. The van der Waals surface area contributed by atoms with Crippen molar-refractivity contribution in [2.45, 2.75) is 13.0 Å². The predicted octanol–water partition coefficient (Wildman–Crippen LogP) is 4.03. The summed E-state index contributed by atoms with van der Waals surface area (Å²) in [5.41, 5.74) is 2.14. The number of benzene rings is 2. The third-order valence-corrected chi connectivity index (χ3v) is 5.41. The molecule has 0 bridgehead atoms. The molecular weight excluding hydrogens is 454 g/mol. The second-order valence-corrected chi connectivity index (χ2v) is 8.04. The molecule has 0 saturated heterocycles. The van der Waals surface area contributed by atoms with E-state index in [0.717, 1.165) is 10.6 Å². The highest BCUT2D eigenvalue weighted by molar-refractivity contribution is 9.10. The molecule has 3 N–H and O–H groups in total. The smallest absolute Gasteiger partial charge is 0.256 e. The van der Waals surface area contributed by atoms with Crippen molar-refractivity contribution in [3.05, 3.63) is 92.5 Å². The molecule has 0 aliphatic rings. The number of aromatic nitrogens is 1. The maximum Gasteiger partial charge on any atom is 0.256 e. The highest BCUT2D eigenvalue weighted by Gasteiger charge is 2.14. The molecule has 3 aromatic rings. The van der Waals surface area contributed by atoms with Gasteiger partial charge in [-0.1, -0.05) is 18.7 Å². The zero-order chi connectivity index (χ0) is 20.8. The molecule has 8 heteroatoms. The third kappa shape index (κ3) is 5.75. The molecule has 1 aromatic heterocycles. The van der Waals surface area contributed by atoms with Gasteiger partial charge >= 0.3 is 0 Å².